The van der Waals surface area contributed by atoms with Crippen LogP contribution in [0.5, 0.6) is 5.75 Å². The van der Waals surface area contributed by atoms with Crippen LogP contribution in [0.1, 0.15) is 12.0 Å². The number of carbonyl (C=O) groups excluding carboxylic acids is 1. The first kappa shape index (κ1) is 12.8. The lowest BCUT2D eigenvalue weighted by atomic mass is 10.2. The van der Waals surface area contributed by atoms with Crippen molar-refractivity contribution in [2.75, 3.05) is 6.61 Å². The molecular formula is C10H13ClN2O3. The van der Waals surface area contributed by atoms with Crippen molar-refractivity contribution < 1.29 is 14.4 Å². The summed E-state index contributed by atoms with van der Waals surface area (Å²) < 4.78 is 5.31. The van der Waals surface area contributed by atoms with Gasteiger partial charge in [-0.3, -0.25) is 4.79 Å². The van der Waals surface area contributed by atoms with Gasteiger partial charge in [0.15, 0.2) is 0 Å². The molecule has 0 aliphatic carbocycles. The Morgan fingerprint density at radius 1 is 1.56 bits per heavy atom. The van der Waals surface area contributed by atoms with E-state index in [9.17, 15) is 4.79 Å². The quantitative estimate of drug-likeness (QED) is 0.604. The van der Waals surface area contributed by atoms with Crippen molar-refractivity contribution in [1.82, 2.24) is 5.59 Å². The number of nitrogens with two attached hydrogens (primary N) is 1. The molecule has 5 nitrogen and oxygen atoms in total. The molecular weight excluding hydrogens is 232 g/mol. The summed E-state index contributed by atoms with van der Waals surface area (Å²) in [5.74, 6) is 4.85. The zero-order valence-corrected chi connectivity index (χ0v) is 9.58. The summed E-state index contributed by atoms with van der Waals surface area (Å²) >= 11 is 5.93. The van der Waals surface area contributed by atoms with Gasteiger partial charge in [0.2, 0.25) is 0 Å². The van der Waals surface area contributed by atoms with Gasteiger partial charge in [0.05, 0.1) is 18.1 Å². The van der Waals surface area contributed by atoms with Crippen LogP contribution in [-0.2, 0) is 9.63 Å². The largest absolute Gasteiger partial charge is 0.491 e. The molecule has 1 rings (SSSR count). The number of carbonyl (C=O) groups is 1. The van der Waals surface area contributed by atoms with Crippen molar-refractivity contribution in [3.63, 3.8) is 0 Å². The SMILES string of the molecule is Cc1ccc(OCCC(=O)ONN)c(Cl)c1. The summed E-state index contributed by atoms with van der Waals surface area (Å²) in [4.78, 5) is 15.2. The summed E-state index contributed by atoms with van der Waals surface area (Å²) in [5.41, 5.74) is 2.85. The summed E-state index contributed by atoms with van der Waals surface area (Å²) in [6.07, 6.45) is 0.0917. The second-order valence-corrected chi connectivity index (χ2v) is 3.53. The number of aryl methyl sites for hydroxylation is 1. The molecule has 0 heterocycles. The van der Waals surface area contributed by atoms with E-state index in [0.717, 1.165) is 5.56 Å². The molecule has 0 saturated heterocycles. The minimum atomic E-state index is -0.495. The second kappa shape index (κ2) is 6.32. The highest BCUT2D eigenvalue weighted by Gasteiger charge is 2.05. The van der Waals surface area contributed by atoms with Crippen LogP contribution in [0.2, 0.25) is 5.02 Å². The molecule has 88 valence electrons. The van der Waals surface area contributed by atoms with Gasteiger partial charge in [-0.15, -0.1) is 0 Å². The Balaban J connectivity index is 2.40. The molecule has 0 aromatic heterocycles. The maximum Gasteiger partial charge on any atom is 0.329 e. The molecule has 1 aromatic carbocycles. The Kier molecular flexibility index (Phi) is 5.04. The summed E-state index contributed by atoms with van der Waals surface area (Å²) in [7, 11) is 0. The van der Waals surface area contributed by atoms with Crippen LogP contribution >= 0.6 is 11.6 Å². The maximum absolute atomic E-state index is 10.9. The van der Waals surface area contributed by atoms with Crippen LogP contribution in [0.4, 0.5) is 0 Å². The minimum Gasteiger partial charge on any atom is -0.491 e. The standard InChI is InChI=1S/C10H13ClN2O3/c1-7-2-3-9(8(11)6-7)15-5-4-10(14)16-13-12/h2-3,6,13H,4-5,12H2,1H3. The third-order valence-corrected chi connectivity index (χ3v) is 2.12. The Morgan fingerprint density at radius 3 is 2.94 bits per heavy atom. The first-order valence-electron chi connectivity index (χ1n) is 4.67. The maximum atomic E-state index is 10.9. The molecule has 0 unspecified atom stereocenters. The molecule has 0 fully saturated rings. The van der Waals surface area contributed by atoms with Crippen molar-refractivity contribution in [1.29, 1.82) is 0 Å². The first-order chi connectivity index (χ1) is 7.63. The fraction of sp³-hybridized carbons (Fsp3) is 0.300. The molecule has 16 heavy (non-hydrogen) atoms. The zero-order chi connectivity index (χ0) is 12.0. The fourth-order valence-electron chi connectivity index (χ4n) is 1.08. The van der Waals surface area contributed by atoms with Crippen LogP contribution in [0.3, 0.4) is 0 Å². The van der Waals surface area contributed by atoms with E-state index in [1.54, 1.807) is 17.7 Å². The average Bonchev–Trinajstić information content (AvgIpc) is 2.22. The van der Waals surface area contributed by atoms with Crippen molar-refractivity contribution in [2.45, 2.75) is 13.3 Å². The Labute approximate surface area is 98.4 Å². The lowest BCUT2D eigenvalue weighted by Crippen LogP contribution is -2.26. The summed E-state index contributed by atoms with van der Waals surface area (Å²) in [6, 6.07) is 5.42. The number of ether oxygens (including phenoxy) is 1. The minimum absolute atomic E-state index is 0.0917. The molecule has 0 bridgehead atoms. The molecule has 0 atom stereocenters. The van der Waals surface area contributed by atoms with E-state index in [2.05, 4.69) is 4.84 Å². The van der Waals surface area contributed by atoms with Gasteiger partial charge >= 0.3 is 5.97 Å². The smallest absolute Gasteiger partial charge is 0.329 e. The predicted octanol–water partition coefficient (Wildman–Crippen LogP) is 1.34. The van der Waals surface area contributed by atoms with E-state index >= 15 is 0 Å². The average molecular weight is 245 g/mol. The Morgan fingerprint density at radius 2 is 2.31 bits per heavy atom. The van der Waals surface area contributed by atoms with E-state index in [-0.39, 0.29) is 13.0 Å². The Hall–Kier alpha value is -1.30. The molecule has 0 aliphatic rings. The molecule has 0 spiro atoms. The van der Waals surface area contributed by atoms with Gasteiger partial charge in [-0.05, 0) is 24.6 Å². The van der Waals surface area contributed by atoms with E-state index in [1.807, 2.05) is 13.0 Å². The van der Waals surface area contributed by atoms with Gasteiger partial charge in [0.1, 0.15) is 5.75 Å². The van der Waals surface area contributed by atoms with Crippen molar-refractivity contribution in [2.24, 2.45) is 5.84 Å². The lowest BCUT2D eigenvalue weighted by Gasteiger charge is -2.07. The number of hydrogen-bond acceptors (Lipinski definition) is 5. The van der Waals surface area contributed by atoms with E-state index in [0.29, 0.717) is 10.8 Å². The highest BCUT2D eigenvalue weighted by atomic mass is 35.5. The summed E-state index contributed by atoms with van der Waals surface area (Å²) in [6.45, 7) is 2.11. The third-order valence-electron chi connectivity index (χ3n) is 1.82. The first-order valence-corrected chi connectivity index (χ1v) is 5.05. The molecule has 0 radical (unpaired) electrons. The number of rotatable bonds is 5. The third kappa shape index (κ3) is 4.06. The zero-order valence-electron chi connectivity index (χ0n) is 8.83. The van der Waals surface area contributed by atoms with Gasteiger partial charge in [-0.2, -0.15) is 0 Å². The number of nitrogens with one attached hydrogen (secondary N) is 1. The highest BCUT2D eigenvalue weighted by Crippen LogP contribution is 2.25. The summed E-state index contributed by atoms with van der Waals surface area (Å²) in [5, 5.41) is 0.519. The molecule has 1 aromatic rings. The fourth-order valence-corrected chi connectivity index (χ4v) is 1.37. The topological polar surface area (TPSA) is 73.6 Å². The van der Waals surface area contributed by atoms with E-state index < -0.39 is 5.97 Å². The van der Waals surface area contributed by atoms with Crippen LogP contribution in [0.15, 0.2) is 18.2 Å². The van der Waals surface area contributed by atoms with Gasteiger partial charge in [0.25, 0.3) is 0 Å². The van der Waals surface area contributed by atoms with E-state index in [4.69, 9.17) is 22.2 Å². The molecule has 3 N–H and O–H groups in total. The molecule has 6 heteroatoms. The van der Waals surface area contributed by atoms with E-state index in [1.165, 1.54) is 0 Å². The van der Waals surface area contributed by atoms with Gasteiger partial charge in [0, 0.05) is 0 Å². The van der Waals surface area contributed by atoms with Gasteiger partial charge in [-0.1, -0.05) is 23.3 Å². The van der Waals surface area contributed by atoms with Gasteiger partial charge in [-0.25, -0.2) is 5.84 Å². The number of halogens is 1. The van der Waals surface area contributed by atoms with Crippen LogP contribution in [-0.4, -0.2) is 12.6 Å². The Bertz CT molecular complexity index is 371. The lowest BCUT2D eigenvalue weighted by molar-refractivity contribution is -0.151. The number of hydrazine groups is 1. The normalized spacial score (nSPS) is 9.94. The second-order valence-electron chi connectivity index (χ2n) is 3.12. The van der Waals surface area contributed by atoms with Crippen molar-refractivity contribution >= 4 is 17.6 Å². The van der Waals surface area contributed by atoms with Crippen LogP contribution < -0.4 is 16.2 Å². The molecule has 0 amide bonds. The number of benzene rings is 1. The predicted molar refractivity (Wildman–Crippen MR) is 59.7 cm³/mol. The van der Waals surface area contributed by atoms with Crippen molar-refractivity contribution in [3.8, 4) is 5.75 Å². The molecule has 0 saturated carbocycles. The van der Waals surface area contributed by atoms with Crippen LogP contribution in [0, 0.1) is 6.92 Å². The highest BCUT2D eigenvalue weighted by molar-refractivity contribution is 6.32. The van der Waals surface area contributed by atoms with Crippen LogP contribution in [0.25, 0.3) is 0 Å². The molecule has 0 aliphatic heterocycles. The van der Waals surface area contributed by atoms with Gasteiger partial charge < -0.3 is 9.57 Å². The van der Waals surface area contributed by atoms with Crippen molar-refractivity contribution in [3.05, 3.63) is 28.8 Å². The number of hydrogen-bond donors (Lipinski definition) is 2. The monoisotopic (exact) mass is 244 g/mol.